The number of thiophene rings is 1. The van der Waals surface area contributed by atoms with E-state index < -0.39 is 0 Å². The van der Waals surface area contributed by atoms with Crippen molar-refractivity contribution in [2.75, 3.05) is 0 Å². The quantitative estimate of drug-likeness (QED) is 0.395. The first-order valence-corrected chi connectivity index (χ1v) is 4.59. The first-order valence-electron chi connectivity index (χ1n) is 3.72. The summed E-state index contributed by atoms with van der Waals surface area (Å²) in [7, 11) is 0. The molecule has 0 bridgehead atoms. The minimum Gasteiger partial charge on any atom is -0.288 e. The Morgan fingerprint density at radius 1 is 1.50 bits per heavy atom. The predicted octanol–water partition coefficient (Wildman–Crippen LogP) is 3.06. The summed E-state index contributed by atoms with van der Waals surface area (Å²) >= 11 is 1.46. The summed E-state index contributed by atoms with van der Waals surface area (Å²) in [6, 6.07) is 3.70. The van der Waals surface area contributed by atoms with Crippen LogP contribution in [0, 0.1) is 0 Å². The van der Waals surface area contributed by atoms with Crippen molar-refractivity contribution in [2.24, 2.45) is 0 Å². The van der Waals surface area contributed by atoms with E-state index in [1.807, 2.05) is 36.6 Å². The highest BCUT2D eigenvalue weighted by Gasteiger charge is 1.99. The smallest absolute Gasteiger partial charge is 0.195 e. The van der Waals surface area contributed by atoms with Gasteiger partial charge in [0.2, 0.25) is 0 Å². The molecule has 0 N–H and O–H groups in total. The van der Waals surface area contributed by atoms with Crippen LogP contribution >= 0.6 is 11.3 Å². The molecule has 0 aliphatic heterocycles. The Morgan fingerprint density at radius 2 is 2.33 bits per heavy atom. The molecule has 1 aromatic heterocycles. The van der Waals surface area contributed by atoms with Gasteiger partial charge in [-0.25, -0.2) is 0 Å². The Bertz CT molecular complexity index is 294. The molecule has 0 amide bonds. The molecular weight excluding hydrogens is 168 g/mol. The molecule has 0 saturated heterocycles. The Hall–Kier alpha value is -1.15. The average molecular weight is 178 g/mol. The first kappa shape index (κ1) is 8.94. The number of ketones is 1. The van der Waals surface area contributed by atoms with Crippen LogP contribution in [0.15, 0.2) is 41.8 Å². The standard InChI is InChI=1S/C10H10OS/c1-2-3-4-6-9(11)10-7-5-8-12-10/h2-8H,1H3/b3-2+,6-4+. The number of hydrogen-bond donors (Lipinski definition) is 0. The second-order valence-corrected chi connectivity index (χ2v) is 3.17. The lowest BCUT2D eigenvalue weighted by atomic mass is 10.3. The van der Waals surface area contributed by atoms with E-state index in [0.717, 1.165) is 4.88 Å². The van der Waals surface area contributed by atoms with E-state index in [0.29, 0.717) is 0 Å². The third-order valence-electron chi connectivity index (χ3n) is 1.32. The fraction of sp³-hybridized carbons (Fsp3) is 0.100. The van der Waals surface area contributed by atoms with Crippen molar-refractivity contribution in [3.8, 4) is 0 Å². The summed E-state index contributed by atoms with van der Waals surface area (Å²) in [5, 5.41) is 1.90. The van der Waals surface area contributed by atoms with Gasteiger partial charge in [0.25, 0.3) is 0 Å². The zero-order valence-electron chi connectivity index (χ0n) is 6.86. The molecule has 12 heavy (non-hydrogen) atoms. The van der Waals surface area contributed by atoms with Gasteiger partial charge in [-0.15, -0.1) is 11.3 Å². The van der Waals surface area contributed by atoms with E-state index in [1.54, 1.807) is 12.2 Å². The predicted molar refractivity (Wildman–Crippen MR) is 52.6 cm³/mol. The molecule has 0 unspecified atom stereocenters. The topological polar surface area (TPSA) is 17.1 Å². The summed E-state index contributed by atoms with van der Waals surface area (Å²) in [4.78, 5) is 12.1. The second-order valence-electron chi connectivity index (χ2n) is 2.23. The van der Waals surface area contributed by atoms with Crippen LogP contribution in [0.2, 0.25) is 0 Å². The molecule has 0 aromatic carbocycles. The average Bonchev–Trinajstić information content (AvgIpc) is 2.56. The van der Waals surface area contributed by atoms with E-state index in [9.17, 15) is 4.79 Å². The van der Waals surface area contributed by atoms with Gasteiger partial charge in [0.1, 0.15) is 0 Å². The van der Waals surface area contributed by atoms with Crippen LogP contribution in [0.3, 0.4) is 0 Å². The van der Waals surface area contributed by atoms with Crippen molar-refractivity contribution >= 4 is 17.1 Å². The molecular formula is C10H10OS. The maximum absolute atomic E-state index is 11.3. The summed E-state index contributed by atoms with van der Waals surface area (Å²) in [6.45, 7) is 1.92. The zero-order valence-corrected chi connectivity index (χ0v) is 7.67. The maximum Gasteiger partial charge on any atom is 0.195 e. The highest BCUT2D eigenvalue weighted by atomic mass is 32.1. The van der Waals surface area contributed by atoms with Gasteiger partial charge in [-0.05, 0) is 24.4 Å². The highest BCUT2D eigenvalue weighted by Crippen LogP contribution is 2.09. The Balaban J connectivity index is 2.61. The summed E-state index contributed by atoms with van der Waals surface area (Å²) < 4.78 is 0. The molecule has 0 fully saturated rings. The molecule has 1 aromatic rings. The van der Waals surface area contributed by atoms with Gasteiger partial charge in [-0.1, -0.05) is 24.3 Å². The molecule has 2 heteroatoms. The van der Waals surface area contributed by atoms with Crippen molar-refractivity contribution in [3.05, 3.63) is 46.7 Å². The monoisotopic (exact) mass is 178 g/mol. The number of carbonyl (C=O) groups excluding carboxylic acids is 1. The molecule has 0 aliphatic rings. The fourth-order valence-corrected chi connectivity index (χ4v) is 1.40. The summed E-state index contributed by atoms with van der Waals surface area (Å²) in [5.74, 6) is 0.0723. The Labute approximate surface area is 76.0 Å². The minimum atomic E-state index is 0.0723. The van der Waals surface area contributed by atoms with E-state index in [-0.39, 0.29) is 5.78 Å². The zero-order chi connectivity index (χ0) is 8.81. The maximum atomic E-state index is 11.3. The van der Waals surface area contributed by atoms with Gasteiger partial charge in [-0.3, -0.25) is 4.79 Å². The minimum absolute atomic E-state index is 0.0723. The van der Waals surface area contributed by atoms with E-state index in [4.69, 9.17) is 0 Å². The number of rotatable bonds is 3. The third kappa shape index (κ3) is 2.47. The lowest BCUT2D eigenvalue weighted by molar-refractivity contribution is 0.105. The number of allylic oxidation sites excluding steroid dienone is 4. The van der Waals surface area contributed by atoms with Crippen LogP contribution in [0.1, 0.15) is 16.6 Å². The van der Waals surface area contributed by atoms with Crippen molar-refractivity contribution < 1.29 is 4.79 Å². The molecule has 0 spiro atoms. The van der Waals surface area contributed by atoms with Crippen LogP contribution in [-0.2, 0) is 0 Å². The van der Waals surface area contributed by atoms with E-state index >= 15 is 0 Å². The van der Waals surface area contributed by atoms with Crippen molar-refractivity contribution in [2.45, 2.75) is 6.92 Å². The van der Waals surface area contributed by atoms with Crippen LogP contribution < -0.4 is 0 Å². The molecule has 1 nitrogen and oxygen atoms in total. The van der Waals surface area contributed by atoms with Gasteiger partial charge >= 0.3 is 0 Å². The molecule has 0 saturated carbocycles. The van der Waals surface area contributed by atoms with Crippen molar-refractivity contribution in [1.29, 1.82) is 0 Å². The third-order valence-corrected chi connectivity index (χ3v) is 2.20. The highest BCUT2D eigenvalue weighted by molar-refractivity contribution is 7.12. The normalized spacial score (nSPS) is 11.4. The van der Waals surface area contributed by atoms with Gasteiger partial charge in [0.15, 0.2) is 5.78 Å². The summed E-state index contributed by atoms with van der Waals surface area (Å²) in [5.41, 5.74) is 0. The van der Waals surface area contributed by atoms with Gasteiger partial charge in [-0.2, -0.15) is 0 Å². The van der Waals surface area contributed by atoms with Crippen LogP contribution in [0.4, 0.5) is 0 Å². The largest absolute Gasteiger partial charge is 0.288 e. The lowest BCUT2D eigenvalue weighted by Gasteiger charge is -1.84. The Kier molecular flexibility index (Phi) is 3.48. The molecule has 0 aliphatic carbocycles. The lowest BCUT2D eigenvalue weighted by Crippen LogP contribution is -1.87. The van der Waals surface area contributed by atoms with Gasteiger partial charge < -0.3 is 0 Å². The van der Waals surface area contributed by atoms with Crippen molar-refractivity contribution in [1.82, 2.24) is 0 Å². The van der Waals surface area contributed by atoms with Crippen LogP contribution in [0.5, 0.6) is 0 Å². The van der Waals surface area contributed by atoms with Gasteiger partial charge in [0.05, 0.1) is 4.88 Å². The second kappa shape index (κ2) is 4.67. The molecule has 0 atom stereocenters. The fourth-order valence-electron chi connectivity index (χ4n) is 0.755. The first-order chi connectivity index (χ1) is 5.84. The number of hydrogen-bond acceptors (Lipinski definition) is 2. The summed E-state index contributed by atoms with van der Waals surface area (Å²) in [6.07, 6.45) is 7.05. The van der Waals surface area contributed by atoms with Gasteiger partial charge in [0, 0.05) is 0 Å². The van der Waals surface area contributed by atoms with E-state index in [2.05, 4.69) is 0 Å². The number of carbonyl (C=O) groups is 1. The molecule has 62 valence electrons. The molecule has 1 heterocycles. The molecule has 0 radical (unpaired) electrons. The van der Waals surface area contributed by atoms with Crippen LogP contribution in [0.25, 0.3) is 0 Å². The molecule has 1 rings (SSSR count). The SMILES string of the molecule is C/C=C/C=C/C(=O)c1cccs1. The van der Waals surface area contributed by atoms with Crippen LogP contribution in [-0.4, -0.2) is 5.78 Å². The van der Waals surface area contributed by atoms with E-state index in [1.165, 1.54) is 11.3 Å². The Morgan fingerprint density at radius 3 is 2.92 bits per heavy atom. The van der Waals surface area contributed by atoms with Crippen molar-refractivity contribution in [3.63, 3.8) is 0 Å².